The van der Waals surface area contributed by atoms with Gasteiger partial charge in [-0.1, -0.05) is 53.7 Å². The Hall–Kier alpha value is -2.52. The van der Waals surface area contributed by atoms with Gasteiger partial charge in [-0.25, -0.2) is 9.97 Å². The average Bonchev–Trinajstić information content (AvgIpc) is 3.03. The highest BCUT2D eigenvalue weighted by Crippen LogP contribution is 2.30. The molecule has 2 aromatic heterocycles. The number of rotatable bonds is 6. The highest BCUT2D eigenvalue weighted by Gasteiger charge is 2.31. The van der Waals surface area contributed by atoms with Gasteiger partial charge < -0.3 is 9.88 Å². The summed E-state index contributed by atoms with van der Waals surface area (Å²) in [6.07, 6.45) is -1.57. The third-order valence-electron chi connectivity index (χ3n) is 3.59. The largest absolute Gasteiger partial charge is 0.406 e. The number of halogens is 4. The number of carbonyl (C=O) groups is 1. The first kappa shape index (κ1) is 20.2. The van der Waals surface area contributed by atoms with Gasteiger partial charge in [0.05, 0.1) is 23.3 Å². The second kappa shape index (κ2) is 8.66. The molecule has 5 nitrogen and oxygen atoms in total. The van der Waals surface area contributed by atoms with Crippen LogP contribution >= 0.6 is 23.4 Å². The fourth-order valence-corrected chi connectivity index (χ4v) is 3.39. The van der Waals surface area contributed by atoms with Crippen LogP contribution in [0.2, 0.25) is 5.15 Å². The Morgan fingerprint density at radius 2 is 1.89 bits per heavy atom. The number of imidazole rings is 1. The minimum atomic E-state index is -4.43. The fourth-order valence-electron chi connectivity index (χ4n) is 2.44. The van der Waals surface area contributed by atoms with Crippen LogP contribution in [0.25, 0.3) is 11.3 Å². The van der Waals surface area contributed by atoms with Gasteiger partial charge in [0.2, 0.25) is 5.91 Å². The van der Waals surface area contributed by atoms with E-state index in [1.807, 2.05) is 0 Å². The summed E-state index contributed by atoms with van der Waals surface area (Å²) >= 11 is 6.79. The van der Waals surface area contributed by atoms with Crippen LogP contribution in [-0.4, -0.2) is 32.4 Å². The van der Waals surface area contributed by atoms with Crippen LogP contribution in [0.4, 0.5) is 18.9 Å². The third kappa shape index (κ3) is 5.26. The molecule has 2 heterocycles. The smallest absolute Gasteiger partial charge is 0.323 e. The number of aromatic nitrogens is 3. The Morgan fingerprint density at radius 3 is 2.57 bits per heavy atom. The molecule has 0 aliphatic carbocycles. The van der Waals surface area contributed by atoms with Gasteiger partial charge in [-0.15, -0.1) is 0 Å². The number of benzene rings is 1. The van der Waals surface area contributed by atoms with Crippen molar-refractivity contribution in [1.82, 2.24) is 14.5 Å². The topological polar surface area (TPSA) is 59.8 Å². The van der Waals surface area contributed by atoms with Crippen LogP contribution in [-0.2, 0) is 11.3 Å². The van der Waals surface area contributed by atoms with E-state index in [0.717, 1.165) is 16.3 Å². The van der Waals surface area contributed by atoms with E-state index in [2.05, 4.69) is 15.3 Å². The van der Waals surface area contributed by atoms with Gasteiger partial charge >= 0.3 is 6.18 Å². The molecule has 0 aliphatic heterocycles. The molecule has 0 saturated carbocycles. The number of anilines is 1. The Bertz CT molecular complexity index is 963. The van der Waals surface area contributed by atoms with Gasteiger partial charge in [0.1, 0.15) is 6.54 Å². The van der Waals surface area contributed by atoms with Crippen LogP contribution in [0.5, 0.6) is 0 Å². The lowest BCUT2D eigenvalue weighted by molar-refractivity contribution is -0.141. The van der Waals surface area contributed by atoms with Crippen molar-refractivity contribution in [1.29, 1.82) is 0 Å². The molecular weight excluding hydrogens is 413 g/mol. The molecule has 146 valence electrons. The number of nitrogens with one attached hydrogen (secondary N) is 1. The van der Waals surface area contributed by atoms with Crippen LogP contribution in [0.1, 0.15) is 0 Å². The first-order valence-corrected chi connectivity index (χ1v) is 9.41. The highest BCUT2D eigenvalue weighted by atomic mass is 35.5. The number of hydrogen-bond acceptors (Lipinski definition) is 4. The van der Waals surface area contributed by atoms with Gasteiger partial charge in [-0.2, -0.15) is 13.2 Å². The Kier molecular flexibility index (Phi) is 6.25. The van der Waals surface area contributed by atoms with E-state index in [-0.39, 0.29) is 16.1 Å². The normalized spacial score (nSPS) is 11.4. The number of thioether (sulfide) groups is 1. The van der Waals surface area contributed by atoms with E-state index in [9.17, 15) is 18.0 Å². The Labute approximate surface area is 167 Å². The van der Waals surface area contributed by atoms with Crippen LogP contribution in [0.15, 0.2) is 60.0 Å². The minimum Gasteiger partial charge on any atom is -0.323 e. The molecule has 1 aromatic carbocycles. The molecule has 28 heavy (non-hydrogen) atoms. The quantitative estimate of drug-likeness (QED) is 0.450. The first-order valence-electron chi connectivity index (χ1n) is 8.04. The summed E-state index contributed by atoms with van der Waals surface area (Å²) < 4.78 is 40.3. The second-order valence-electron chi connectivity index (χ2n) is 5.67. The van der Waals surface area contributed by atoms with Gasteiger partial charge in [0.15, 0.2) is 10.3 Å². The number of hydrogen-bond donors (Lipinski definition) is 1. The van der Waals surface area contributed by atoms with E-state index in [1.54, 1.807) is 42.5 Å². The lowest BCUT2D eigenvalue weighted by Crippen LogP contribution is -2.20. The van der Waals surface area contributed by atoms with Crippen molar-refractivity contribution in [3.8, 4) is 11.3 Å². The maximum Gasteiger partial charge on any atom is 0.406 e. The van der Waals surface area contributed by atoms with E-state index in [1.165, 1.54) is 12.4 Å². The second-order valence-corrected chi connectivity index (χ2v) is 6.97. The van der Waals surface area contributed by atoms with Crippen molar-refractivity contribution in [3.05, 3.63) is 60.0 Å². The monoisotopic (exact) mass is 426 g/mol. The molecule has 0 fully saturated rings. The lowest BCUT2D eigenvalue weighted by Gasteiger charge is -2.14. The first-order chi connectivity index (χ1) is 13.3. The van der Waals surface area contributed by atoms with Gasteiger partial charge in [0, 0.05) is 6.20 Å². The van der Waals surface area contributed by atoms with Crippen molar-refractivity contribution in [2.24, 2.45) is 0 Å². The summed E-state index contributed by atoms with van der Waals surface area (Å²) in [5.74, 6) is -0.559. The van der Waals surface area contributed by atoms with Crippen molar-refractivity contribution in [3.63, 3.8) is 0 Å². The number of alkyl halides is 3. The van der Waals surface area contributed by atoms with Gasteiger partial charge in [-0.05, 0) is 17.7 Å². The molecule has 3 aromatic rings. The Morgan fingerprint density at radius 1 is 1.14 bits per heavy atom. The third-order valence-corrected chi connectivity index (χ3v) is 4.88. The van der Waals surface area contributed by atoms with E-state index in [4.69, 9.17) is 11.6 Å². The number of nitrogens with zero attached hydrogens (tertiary/aromatic N) is 3. The predicted molar refractivity (Wildman–Crippen MR) is 102 cm³/mol. The van der Waals surface area contributed by atoms with Crippen molar-refractivity contribution in [2.45, 2.75) is 17.9 Å². The maximum atomic E-state index is 13.1. The van der Waals surface area contributed by atoms with Crippen molar-refractivity contribution < 1.29 is 18.0 Å². The molecule has 1 amide bonds. The summed E-state index contributed by atoms with van der Waals surface area (Å²) in [7, 11) is 0. The minimum absolute atomic E-state index is 0.101. The summed E-state index contributed by atoms with van der Waals surface area (Å²) in [6, 6.07) is 11.8. The molecule has 3 rings (SSSR count). The molecule has 0 saturated heterocycles. The Balaban J connectivity index is 1.77. The number of pyridine rings is 1. The van der Waals surface area contributed by atoms with Crippen LogP contribution < -0.4 is 5.32 Å². The van der Waals surface area contributed by atoms with E-state index in [0.29, 0.717) is 16.9 Å². The zero-order chi connectivity index (χ0) is 20.1. The van der Waals surface area contributed by atoms with E-state index < -0.39 is 18.6 Å². The standard InChI is InChI=1S/C18H14ClF3N4OS/c19-16-13(7-4-8-23-16)25-15(27)10-28-17-24-9-14(12-5-2-1-3-6-12)26(17)11-18(20,21)22/h1-9H,10-11H2,(H,25,27). The van der Waals surface area contributed by atoms with Crippen molar-refractivity contribution in [2.75, 3.05) is 11.1 Å². The molecule has 1 N–H and O–H groups in total. The van der Waals surface area contributed by atoms with Gasteiger partial charge in [-0.3, -0.25) is 4.79 Å². The van der Waals surface area contributed by atoms with Gasteiger partial charge in [0.25, 0.3) is 0 Å². The molecule has 0 unspecified atom stereocenters. The molecule has 10 heteroatoms. The number of carbonyl (C=O) groups excluding carboxylic acids is 1. The summed E-state index contributed by atoms with van der Waals surface area (Å²) in [5, 5.41) is 2.80. The predicted octanol–water partition coefficient (Wildman–Crippen LogP) is 4.89. The fraction of sp³-hybridized carbons (Fsp3) is 0.167. The number of amides is 1. The maximum absolute atomic E-state index is 13.1. The molecule has 0 radical (unpaired) electrons. The lowest BCUT2D eigenvalue weighted by atomic mass is 10.2. The average molecular weight is 427 g/mol. The summed E-state index contributed by atoms with van der Waals surface area (Å²) in [4.78, 5) is 20.1. The SMILES string of the molecule is O=C(CSc1ncc(-c2ccccc2)n1CC(F)(F)F)Nc1cccnc1Cl. The molecule has 0 bridgehead atoms. The molecule has 0 aliphatic rings. The van der Waals surface area contributed by atoms with E-state index >= 15 is 0 Å². The van der Waals surface area contributed by atoms with Crippen molar-refractivity contribution >= 4 is 35.0 Å². The van der Waals surface area contributed by atoms with Crippen LogP contribution in [0, 0.1) is 0 Å². The highest BCUT2D eigenvalue weighted by molar-refractivity contribution is 7.99. The molecule has 0 spiro atoms. The summed E-state index contributed by atoms with van der Waals surface area (Å²) in [6.45, 7) is -1.20. The molecular formula is C18H14ClF3N4OS. The zero-order valence-electron chi connectivity index (χ0n) is 14.3. The zero-order valence-corrected chi connectivity index (χ0v) is 15.9. The van der Waals surface area contributed by atoms with Crippen LogP contribution in [0.3, 0.4) is 0 Å². The summed E-state index contributed by atoms with van der Waals surface area (Å²) in [5.41, 5.74) is 1.27. The molecule has 0 atom stereocenters.